The van der Waals surface area contributed by atoms with Gasteiger partial charge >= 0.3 is 0 Å². The van der Waals surface area contributed by atoms with Crippen molar-refractivity contribution in [2.45, 2.75) is 20.3 Å². The highest BCUT2D eigenvalue weighted by atomic mass is 16.5. The van der Waals surface area contributed by atoms with Gasteiger partial charge in [-0.25, -0.2) is 0 Å². The van der Waals surface area contributed by atoms with Gasteiger partial charge in [0.05, 0.1) is 6.61 Å². The Hall–Kier alpha value is -3.15. The van der Waals surface area contributed by atoms with Crippen molar-refractivity contribution in [2.24, 2.45) is 5.92 Å². The van der Waals surface area contributed by atoms with Gasteiger partial charge in [-0.3, -0.25) is 4.79 Å². The number of aromatic hydroxyl groups is 3. The number of hydrogen-bond donors (Lipinski definition) is 3. The van der Waals surface area contributed by atoms with Crippen molar-refractivity contribution in [1.29, 1.82) is 0 Å². The second-order valence-corrected chi connectivity index (χ2v) is 6.53. The average Bonchev–Trinajstić information content (AvgIpc) is 2.54. The first kappa shape index (κ1) is 17.7. The van der Waals surface area contributed by atoms with Gasteiger partial charge in [0.15, 0.2) is 16.9 Å². The number of fused-ring (bicyclic) bond motifs is 1. The first-order chi connectivity index (χ1) is 12.3. The molecule has 0 aliphatic carbocycles. The summed E-state index contributed by atoms with van der Waals surface area (Å²) in [5, 5.41) is 29.6. The van der Waals surface area contributed by atoms with E-state index in [2.05, 4.69) is 13.8 Å². The summed E-state index contributed by atoms with van der Waals surface area (Å²) >= 11 is 0. The summed E-state index contributed by atoms with van der Waals surface area (Å²) in [7, 11) is 0. The van der Waals surface area contributed by atoms with Gasteiger partial charge in [0.2, 0.25) is 0 Å². The third-order valence-electron chi connectivity index (χ3n) is 3.99. The Balaban J connectivity index is 1.96. The smallest absolute Gasteiger partial charge is 0.197 e. The van der Waals surface area contributed by atoms with E-state index in [0.29, 0.717) is 23.8 Å². The second-order valence-electron chi connectivity index (χ2n) is 6.53. The van der Waals surface area contributed by atoms with E-state index >= 15 is 0 Å². The Morgan fingerprint density at radius 3 is 2.50 bits per heavy atom. The van der Waals surface area contributed by atoms with E-state index in [4.69, 9.17) is 9.15 Å². The molecule has 0 saturated heterocycles. The quantitative estimate of drug-likeness (QED) is 0.639. The maximum Gasteiger partial charge on any atom is 0.197 e. The molecule has 0 atom stereocenters. The molecule has 0 unspecified atom stereocenters. The van der Waals surface area contributed by atoms with Crippen LogP contribution in [0.2, 0.25) is 0 Å². The molecule has 1 aromatic heterocycles. The van der Waals surface area contributed by atoms with Crippen LogP contribution in [0.15, 0.2) is 45.6 Å². The lowest BCUT2D eigenvalue weighted by molar-refractivity contribution is 0.276. The standard InChI is InChI=1S/C20H20O6/c1-11(2)5-6-25-17-4-3-12(7-14(17)22)18-10-16(24)20-15(23)8-13(21)9-19(20)26-18/h3-4,7-11,21-23H,5-6H2,1-2H3. The Kier molecular flexibility index (Phi) is 4.75. The Labute approximate surface area is 149 Å². The highest BCUT2D eigenvalue weighted by Gasteiger charge is 2.13. The molecule has 3 rings (SSSR count). The minimum Gasteiger partial charge on any atom is -0.508 e. The molecule has 136 valence electrons. The molecule has 0 aliphatic heterocycles. The molecular formula is C20H20O6. The number of phenolic OH excluding ortho intramolecular Hbond substituents is 3. The molecular weight excluding hydrogens is 336 g/mol. The van der Waals surface area contributed by atoms with Crippen molar-refractivity contribution in [1.82, 2.24) is 0 Å². The first-order valence-corrected chi connectivity index (χ1v) is 8.31. The summed E-state index contributed by atoms with van der Waals surface area (Å²) in [6.45, 7) is 4.67. The maximum absolute atomic E-state index is 12.3. The lowest BCUT2D eigenvalue weighted by atomic mass is 10.1. The first-order valence-electron chi connectivity index (χ1n) is 8.31. The molecule has 1 heterocycles. The summed E-state index contributed by atoms with van der Waals surface area (Å²) in [6, 6.07) is 8.27. The van der Waals surface area contributed by atoms with Gasteiger partial charge in [-0.2, -0.15) is 0 Å². The van der Waals surface area contributed by atoms with Crippen LogP contribution in [0.25, 0.3) is 22.3 Å². The van der Waals surface area contributed by atoms with Crippen LogP contribution >= 0.6 is 0 Å². The monoisotopic (exact) mass is 356 g/mol. The van der Waals surface area contributed by atoms with E-state index in [1.165, 1.54) is 18.2 Å². The minimum absolute atomic E-state index is 0.00980. The number of rotatable bonds is 5. The van der Waals surface area contributed by atoms with Gasteiger partial charge in [-0.15, -0.1) is 0 Å². The molecule has 0 fully saturated rings. The molecule has 0 aliphatic rings. The zero-order valence-electron chi connectivity index (χ0n) is 14.5. The summed E-state index contributed by atoms with van der Waals surface area (Å²) in [6.07, 6.45) is 0.869. The number of hydrogen-bond acceptors (Lipinski definition) is 6. The highest BCUT2D eigenvalue weighted by molar-refractivity contribution is 5.86. The van der Waals surface area contributed by atoms with Crippen LogP contribution in [-0.2, 0) is 0 Å². The molecule has 2 aromatic carbocycles. The van der Waals surface area contributed by atoms with Gasteiger partial charge in [0, 0.05) is 23.8 Å². The van der Waals surface area contributed by atoms with Crippen molar-refractivity contribution in [3.63, 3.8) is 0 Å². The summed E-state index contributed by atoms with van der Waals surface area (Å²) in [5.74, 6) is 0.428. The predicted molar refractivity (Wildman–Crippen MR) is 97.9 cm³/mol. The Bertz CT molecular complexity index is 1000. The SMILES string of the molecule is CC(C)CCOc1ccc(-c2cc(=O)c3c(O)cc(O)cc3o2)cc1O. The van der Waals surface area contributed by atoms with Crippen molar-refractivity contribution in [3.8, 4) is 34.3 Å². The van der Waals surface area contributed by atoms with Gasteiger partial charge in [-0.1, -0.05) is 13.8 Å². The average molecular weight is 356 g/mol. The zero-order chi connectivity index (χ0) is 18.8. The number of ether oxygens (including phenoxy) is 1. The van der Waals surface area contributed by atoms with Crippen molar-refractivity contribution >= 4 is 11.0 Å². The second kappa shape index (κ2) is 7.00. The van der Waals surface area contributed by atoms with Crippen LogP contribution in [0, 0.1) is 5.92 Å². The largest absolute Gasteiger partial charge is 0.508 e. The topological polar surface area (TPSA) is 100 Å². The lowest BCUT2D eigenvalue weighted by Gasteiger charge is -2.11. The van der Waals surface area contributed by atoms with Crippen LogP contribution in [0.1, 0.15) is 20.3 Å². The van der Waals surface area contributed by atoms with E-state index < -0.39 is 5.43 Å². The van der Waals surface area contributed by atoms with Crippen LogP contribution < -0.4 is 10.2 Å². The molecule has 3 N–H and O–H groups in total. The van der Waals surface area contributed by atoms with E-state index in [1.807, 2.05) is 0 Å². The third-order valence-corrected chi connectivity index (χ3v) is 3.99. The van der Waals surface area contributed by atoms with Crippen LogP contribution in [0.4, 0.5) is 0 Å². The number of phenols is 3. The predicted octanol–water partition coefficient (Wildman–Crippen LogP) is 4.00. The number of benzene rings is 2. The fraction of sp³-hybridized carbons (Fsp3) is 0.250. The summed E-state index contributed by atoms with van der Waals surface area (Å²) < 4.78 is 11.2. The van der Waals surface area contributed by atoms with Crippen LogP contribution in [0.3, 0.4) is 0 Å². The minimum atomic E-state index is -0.449. The molecule has 26 heavy (non-hydrogen) atoms. The van der Waals surface area contributed by atoms with Gasteiger partial charge in [0.1, 0.15) is 28.2 Å². The molecule has 3 aromatic rings. The summed E-state index contributed by atoms with van der Waals surface area (Å²) in [4.78, 5) is 12.3. The lowest BCUT2D eigenvalue weighted by Crippen LogP contribution is -2.02. The summed E-state index contributed by atoms with van der Waals surface area (Å²) in [5.41, 5.74) is 0.0813. The van der Waals surface area contributed by atoms with Gasteiger partial charge in [-0.05, 0) is 30.5 Å². The van der Waals surface area contributed by atoms with Crippen molar-refractivity contribution in [2.75, 3.05) is 6.61 Å². The third kappa shape index (κ3) is 3.59. The molecule has 0 radical (unpaired) electrons. The van der Waals surface area contributed by atoms with Crippen molar-refractivity contribution < 1.29 is 24.5 Å². The van der Waals surface area contributed by atoms with Gasteiger partial charge in [0.25, 0.3) is 0 Å². The highest BCUT2D eigenvalue weighted by Crippen LogP contribution is 2.34. The Morgan fingerprint density at radius 1 is 1.04 bits per heavy atom. The van der Waals surface area contributed by atoms with E-state index in [1.54, 1.807) is 12.1 Å². The van der Waals surface area contributed by atoms with E-state index in [9.17, 15) is 20.1 Å². The molecule has 0 saturated carbocycles. The normalized spacial score (nSPS) is 11.2. The van der Waals surface area contributed by atoms with E-state index in [-0.39, 0.29) is 34.0 Å². The fourth-order valence-corrected chi connectivity index (χ4v) is 2.59. The fourth-order valence-electron chi connectivity index (χ4n) is 2.59. The Morgan fingerprint density at radius 2 is 1.81 bits per heavy atom. The van der Waals surface area contributed by atoms with Crippen LogP contribution in [-0.4, -0.2) is 21.9 Å². The van der Waals surface area contributed by atoms with Gasteiger partial charge < -0.3 is 24.5 Å². The van der Waals surface area contributed by atoms with Crippen LogP contribution in [0.5, 0.6) is 23.0 Å². The molecule has 0 spiro atoms. The molecule has 6 nitrogen and oxygen atoms in total. The maximum atomic E-state index is 12.3. The van der Waals surface area contributed by atoms with Crippen molar-refractivity contribution in [3.05, 3.63) is 46.6 Å². The zero-order valence-corrected chi connectivity index (χ0v) is 14.5. The molecule has 0 bridgehead atoms. The molecule has 6 heteroatoms. The van der Waals surface area contributed by atoms with E-state index in [0.717, 1.165) is 12.5 Å². The molecule has 0 amide bonds.